The second kappa shape index (κ2) is 7.67. The predicted octanol–water partition coefficient (Wildman–Crippen LogP) is 3.32. The maximum absolute atomic E-state index is 12.2. The average molecular weight is 426 g/mol. The minimum Gasteiger partial charge on any atom is -0.443 e. The molecule has 1 aromatic carbocycles. The molecule has 158 valence electrons. The standard InChI is InChI=1S/C17H13F3N4O6/c18-17(19,20)29-11-3-1-10(2-4-11)14-5-12(30-22-14)8-27-13-6-23-7-15(24(25)26)21-16(23)28-9-13/h1-5,7,13H,6,8-9H2/t13-/m0/s1. The third-order valence-corrected chi connectivity index (χ3v) is 4.12. The summed E-state index contributed by atoms with van der Waals surface area (Å²) in [6.45, 7) is 0.538. The van der Waals surface area contributed by atoms with Gasteiger partial charge in [0.1, 0.15) is 37.0 Å². The van der Waals surface area contributed by atoms with Crippen molar-refractivity contribution in [2.75, 3.05) is 6.61 Å². The average Bonchev–Trinajstić information content (AvgIpc) is 3.32. The summed E-state index contributed by atoms with van der Waals surface area (Å²) in [5.41, 5.74) is 0.954. The highest BCUT2D eigenvalue weighted by molar-refractivity contribution is 5.59. The van der Waals surface area contributed by atoms with E-state index in [-0.39, 0.29) is 30.8 Å². The lowest BCUT2D eigenvalue weighted by Gasteiger charge is -2.21. The van der Waals surface area contributed by atoms with Gasteiger partial charge in [-0.1, -0.05) is 5.16 Å². The lowest BCUT2D eigenvalue weighted by Crippen LogP contribution is -2.32. The van der Waals surface area contributed by atoms with E-state index in [1.807, 2.05) is 0 Å². The molecule has 0 aliphatic carbocycles. The van der Waals surface area contributed by atoms with E-state index >= 15 is 0 Å². The van der Waals surface area contributed by atoms with Crippen molar-refractivity contribution in [3.05, 3.63) is 52.4 Å². The molecular weight excluding hydrogens is 413 g/mol. The van der Waals surface area contributed by atoms with Gasteiger partial charge in [0.15, 0.2) is 5.76 Å². The maximum atomic E-state index is 12.2. The van der Waals surface area contributed by atoms with Crippen molar-refractivity contribution in [1.82, 2.24) is 14.7 Å². The molecule has 1 aliphatic heterocycles. The first-order valence-corrected chi connectivity index (χ1v) is 8.54. The SMILES string of the molecule is O=[N+]([O-])c1cn2c(n1)OC[C@@H](OCc1cc(-c3ccc(OC(F)(F)F)cc3)no1)C2. The van der Waals surface area contributed by atoms with Gasteiger partial charge in [-0.15, -0.1) is 13.2 Å². The second-order valence-corrected chi connectivity index (χ2v) is 6.29. The Bertz CT molecular complexity index is 1050. The van der Waals surface area contributed by atoms with Gasteiger partial charge in [0.25, 0.3) is 0 Å². The van der Waals surface area contributed by atoms with E-state index in [2.05, 4.69) is 14.9 Å². The molecule has 0 fully saturated rings. The first-order valence-electron chi connectivity index (χ1n) is 8.54. The summed E-state index contributed by atoms with van der Waals surface area (Å²) in [4.78, 5) is 13.9. The van der Waals surface area contributed by atoms with Crippen molar-refractivity contribution >= 4 is 5.82 Å². The minimum absolute atomic E-state index is 0.0580. The number of imidazole rings is 1. The number of alkyl halides is 3. The van der Waals surface area contributed by atoms with Crippen LogP contribution in [0.2, 0.25) is 0 Å². The van der Waals surface area contributed by atoms with Crippen LogP contribution in [0.3, 0.4) is 0 Å². The van der Waals surface area contributed by atoms with Crippen LogP contribution in [0.5, 0.6) is 11.8 Å². The van der Waals surface area contributed by atoms with E-state index in [9.17, 15) is 23.3 Å². The third-order valence-electron chi connectivity index (χ3n) is 4.12. The Hall–Kier alpha value is -3.61. The van der Waals surface area contributed by atoms with E-state index < -0.39 is 17.4 Å². The lowest BCUT2D eigenvalue weighted by atomic mass is 10.1. The number of nitro groups is 1. The molecule has 10 nitrogen and oxygen atoms in total. The molecule has 13 heteroatoms. The Morgan fingerprint density at radius 2 is 2.07 bits per heavy atom. The topological polar surface area (TPSA) is 115 Å². The molecule has 4 rings (SSSR count). The van der Waals surface area contributed by atoms with Crippen molar-refractivity contribution in [3.8, 4) is 23.0 Å². The minimum atomic E-state index is -4.76. The van der Waals surface area contributed by atoms with Gasteiger partial charge in [-0.2, -0.15) is 0 Å². The molecule has 3 heterocycles. The van der Waals surface area contributed by atoms with Crippen LogP contribution < -0.4 is 9.47 Å². The predicted molar refractivity (Wildman–Crippen MR) is 91.6 cm³/mol. The fourth-order valence-corrected chi connectivity index (χ4v) is 2.80. The van der Waals surface area contributed by atoms with Crippen molar-refractivity contribution in [2.45, 2.75) is 25.6 Å². The van der Waals surface area contributed by atoms with Gasteiger partial charge in [0.2, 0.25) is 0 Å². The molecule has 0 radical (unpaired) electrons. The van der Waals surface area contributed by atoms with Gasteiger partial charge in [-0.05, 0) is 29.2 Å². The quantitative estimate of drug-likeness (QED) is 0.436. The van der Waals surface area contributed by atoms with E-state index in [0.29, 0.717) is 23.6 Å². The molecule has 0 unspecified atom stereocenters. The smallest absolute Gasteiger partial charge is 0.443 e. The normalized spacial score (nSPS) is 16.0. The Kier molecular flexibility index (Phi) is 5.03. The van der Waals surface area contributed by atoms with Crippen LogP contribution in [0.4, 0.5) is 19.0 Å². The highest BCUT2D eigenvalue weighted by Crippen LogP contribution is 2.27. The van der Waals surface area contributed by atoms with Crippen LogP contribution >= 0.6 is 0 Å². The number of fused-ring (bicyclic) bond motifs is 1. The van der Waals surface area contributed by atoms with Gasteiger partial charge in [0.05, 0.1) is 6.54 Å². The third kappa shape index (κ3) is 4.51. The number of aromatic nitrogens is 3. The number of ether oxygens (including phenoxy) is 3. The van der Waals surface area contributed by atoms with Gasteiger partial charge in [-0.3, -0.25) is 4.57 Å². The zero-order valence-corrected chi connectivity index (χ0v) is 15.0. The summed E-state index contributed by atoms with van der Waals surface area (Å²) >= 11 is 0. The molecule has 0 spiro atoms. The van der Waals surface area contributed by atoms with Gasteiger partial charge in [0, 0.05) is 16.6 Å². The van der Waals surface area contributed by atoms with E-state index in [1.54, 1.807) is 6.07 Å². The Morgan fingerprint density at radius 3 is 2.77 bits per heavy atom. The van der Waals surface area contributed by atoms with Crippen molar-refractivity contribution in [2.24, 2.45) is 0 Å². The summed E-state index contributed by atoms with van der Waals surface area (Å²) in [5.74, 6) is -0.255. The molecule has 3 aromatic rings. The summed E-state index contributed by atoms with van der Waals surface area (Å²) in [5, 5.41) is 14.7. The summed E-state index contributed by atoms with van der Waals surface area (Å²) in [6.07, 6.45) is -3.88. The Morgan fingerprint density at radius 1 is 1.30 bits per heavy atom. The summed E-state index contributed by atoms with van der Waals surface area (Å²) in [6, 6.07) is 6.94. The molecule has 1 aliphatic rings. The Labute approximate surface area is 165 Å². The monoisotopic (exact) mass is 426 g/mol. The number of hydrogen-bond donors (Lipinski definition) is 0. The molecule has 0 amide bonds. The van der Waals surface area contributed by atoms with Crippen molar-refractivity contribution in [1.29, 1.82) is 0 Å². The molecule has 1 atom stereocenters. The largest absolute Gasteiger partial charge is 0.573 e. The number of benzene rings is 1. The lowest BCUT2D eigenvalue weighted by molar-refractivity contribution is -0.389. The van der Waals surface area contributed by atoms with Crippen LogP contribution in [0, 0.1) is 10.1 Å². The Balaban J connectivity index is 1.34. The van der Waals surface area contributed by atoms with Crippen LogP contribution in [0.1, 0.15) is 5.76 Å². The number of hydrogen-bond acceptors (Lipinski definition) is 8. The van der Waals surface area contributed by atoms with Crippen molar-refractivity contribution in [3.63, 3.8) is 0 Å². The van der Waals surface area contributed by atoms with Crippen LogP contribution in [-0.4, -0.2) is 38.7 Å². The van der Waals surface area contributed by atoms with Gasteiger partial charge < -0.3 is 28.8 Å². The maximum Gasteiger partial charge on any atom is 0.573 e. The van der Waals surface area contributed by atoms with E-state index in [4.69, 9.17) is 14.0 Å². The zero-order valence-electron chi connectivity index (χ0n) is 15.0. The van der Waals surface area contributed by atoms with Crippen LogP contribution in [-0.2, 0) is 17.9 Å². The van der Waals surface area contributed by atoms with Gasteiger partial charge >= 0.3 is 18.2 Å². The molecule has 0 N–H and O–H groups in total. The summed E-state index contributed by atoms with van der Waals surface area (Å²) < 4.78 is 58.2. The van der Waals surface area contributed by atoms with Gasteiger partial charge in [-0.25, -0.2) is 0 Å². The number of nitrogens with zero attached hydrogens (tertiary/aromatic N) is 4. The molecule has 0 saturated heterocycles. The highest BCUT2D eigenvalue weighted by Gasteiger charge is 2.31. The van der Waals surface area contributed by atoms with Crippen LogP contribution in [0.15, 0.2) is 41.1 Å². The highest BCUT2D eigenvalue weighted by atomic mass is 19.4. The van der Waals surface area contributed by atoms with Crippen LogP contribution in [0.25, 0.3) is 11.3 Å². The molecule has 30 heavy (non-hydrogen) atoms. The zero-order chi connectivity index (χ0) is 21.3. The first-order chi connectivity index (χ1) is 14.3. The van der Waals surface area contributed by atoms with Crippen molar-refractivity contribution < 1.29 is 36.8 Å². The molecular formula is C17H13F3N4O6. The molecule has 0 saturated carbocycles. The fourth-order valence-electron chi connectivity index (χ4n) is 2.80. The first kappa shape index (κ1) is 19.7. The van der Waals surface area contributed by atoms with E-state index in [1.165, 1.54) is 35.0 Å². The second-order valence-electron chi connectivity index (χ2n) is 6.29. The summed E-state index contributed by atoms with van der Waals surface area (Å²) in [7, 11) is 0. The number of rotatable bonds is 6. The molecule has 0 bridgehead atoms. The van der Waals surface area contributed by atoms with E-state index in [0.717, 1.165) is 0 Å². The number of halogens is 3. The molecule has 2 aromatic heterocycles. The fraction of sp³-hybridized carbons (Fsp3) is 0.294.